The van der Waals surface area contributed by atoms with Crippen LogP contribution in [-0.4, -0.2) is 11.7 Å². The maximum atomic E-state index is 10.2. The van der Waals surface area contributed by atoms with Crippen LogP contribution in [0, 0.1) is 0 Å². The molecule has 0 aliphatic rings. The molecule has 3 heteroatoms. The Balaban J connectivity index is 3.11. The largest absolute Gasteiger partial charge is 0.383 e. The molecule has 0 fully saturated rings. The minimum Gasteiger partial charge on any atom is -0.383 e. The van der Waals surface area contributed by atoms with Gasteiger partial charge in [-0.1, -0.05) is 40.2 Å². The van der Waals surface area contributed by atoms with E-state index >= 15 is 0 Å². The Bertz CT molecular complexity index is 327. The van der Waals surface area contributed by atoms with Gasteiger partial charge >= 0.3 is 0 Å². The van der Waals surface area contributed by atoms with Crippen molar-refractivity contribution in [2.24, 2.45) is 5.73 Å². The van der Waals surface area contributed by atoms with E-state index in [9.17, 15) is 5.11 Å². The molecule has 14 heavy (non-hydrogen) atoms. The van der Waals surface area contributed by atoms with Gasteiger partial charge in [-0.05, 0) is 18.1 Å². The van der Waals surface area contributed by atoms with E-state index in [0.29, 0.717) is 6.42 Å². The highest BCUT2D eigenvalue weighted by atomic mass is 79.9. The summed E-state index contributed by atoms with van der Waals surface area (Å²) in [5.74, 6) is 0. The van der Waals surface area contributed by atoms with E-state index in [-0.39, 0.29) is 6.54 Å². The van der Waals surface area contributed by atoms with Crippen LogP contribution in [0.15, 0.2) is 41.4 Å². The number of nitrogens with two attached hydrogens (primary N) is 1. The number of hydrogen-bond donors (Lipinski definition) is 2. The van der Waals surface area contributed by atoms with Crippen molar-refractivity contribution < 1.29 is 5.11 Å². The quantitative estimate of drug-likeness (QED) is 0.811. The number of benzene rings is 1. The van der Waals surface area contributed by atoms with Crippen LogP contribution in [0.25, 0.3) is 0 Å². The number of halogens is 1. The van der Waals surface area contributed by atoms with Gasteiger partial charge in [0.05, 0.1) is 0 Å². The molecule has 0 spiro atoms. The summed E-state index contributed by atoms with van der Waals surface area (Å²) in [6, 6.07) is 7.53. The Kier molecular flexibility index (Phi) is 3.86. The van der Waals surface area contributed by atoms with Crippen molar-refractivity contribution in [3.8, 4) is 0 Å². The number of hydrogen-bond acceptors (Lipinski definition) is 2. The lowest BCUT2D eigenvalue weighted by Gasteiger charge is -2.26. The first-order valence-corrected chi connectivity index (χ1v) is 5.21. The Morgan fingerprint density at radius 3 is 2.64 bits per heavy atom. The first-order chi connectivity index (χ1) is 6.64. The lowest BCUT2D eigenvalue weighted by Crippen LogP contribution is -2.34. The summed E-state index contributed by atoms with van der Waals surface area (Å²) in [5.41, 5.74) is 5.37. The second-order valence-corrected chi connectivity index (χ2v) is 4.06. The van der Waals surface area contributed by atoms with Crippen molar-refractivity contribution in [3.63, 3.8) is 0 Å². The van der Waals surface area contributed by atoms with Crippen molar-refractivity contribution in [3.05, 3.63) is 47.0 Å². The molecular weight excluding hydrogens is 242 g/mol. The molecular formula is C11H14BrNO. The molecule has 0 aromatic heterocycles. The van der Waals surface area contributed by atoms with Gasteiger partial charge in [-0.2, -0.15) is 0 Å². The van der Waals surface area contributed by atoms with Crippen molar-refractivity contribution >= 4 is 15.9 Å². The van der Waals surface area contributed by atoms with Crippen molar-refractivity contribution in [2.75, 3.05) is 6.54 Å². The zero-order valence-corrected chi connectivity index (χ0v) is 9.50. The summed E-state index contributed by atoms with van der Waals surface area (Å²) in [5, 5.41) is 10.2. The summed E-state index contributed by atoms with van der Waals surface area (Å²) >= 11 is 3.39. The first-order valence-electron chi connectivity index (χ1n) is 4.42. The summed E-state index contributed by atoms with van der Waals surface area (Å²) in [7, 11) is 0. The average Bonchev–Trinajstić information content (AvgIpc) is 2.18. The summed E-state index contributed by atoms with van der Waals surface area (Å²) in [6.07, 6.45) is 2.12. The third-order valence-corrected chi connectivity index (χ3v) is 2.89. The molecule has 0 heterocycles. The van der Waals surface area contributed by atoms with E-state index in [1.165, 1.54) is 0 Å². The third kappa shape index (κ3) is 2.23. The molecule has 0 radical (unpaired) electrons. The minimum atomic E-state index is -1.01. The average molecular weight is 256 g/mol. The van der Waals surface area contributed by atoms with Gasteiger partial charge in [-0.3, -0.25) is 0 Å². The molecule has 0 saturated carbocycles. The van der Waals surface area contributed by atoms with Gasteiger partial charge in [-0.15, -0.1) is 6.58 Å². The van der Waals surface area contributed by atoms with E-state index in [1.54, 1.807) is 6.08 Å². The molecule has 1 unspecified atom stereocenters. The predicted molar refractivity (Wildman–Crippen MR) is 61.9 cm³/mol. The van der Waals surface area contributed by atoms with Crippen LogP contribution in [0.2, 0.25) is 0 Å². The highest BCUT2D eigenvalue weighted by molar-refractivity contribution is 9.10. The second-order valence-electron chi connectivity index (χ2n) is 3.21. The minimum absolute atomic E-state index is 0.182. The zero-order valence-electron chi connectivity index (χ0n) is 7.91. The van der Waals surface area contributed by atoms with Gasteiger partial charge in [0, 0.05) is 11.0 Å². The lowest BCUT2D eigenvalue weighted by molar-refractivity contribution is 0.0485. The molecule has 1 aromatic carbocycles. The van der Waals surface area contributed by atoms with E-state index in [0.717, 1.165) is 10.0 Å². The molecule has 76 valence electrons. The van der Waals surface area contributed by atoms with Crippen LogP contribution in [0.1, 0.15) is 12.0 Å². The smallest absolute Gasteiger partial charge is 0.106 e. The topological polar surface area (TPSA) is 46.2 Å². The Hall–Kier alpha value is -0.640. The second kappa shape index (κ2) is 4.73. The molecule has 1 atom stereocenters. The van der Waals surface area contributed by atoms with Gasteiger partial charge in [0.25, 0.3) is 0 Å². The monoisotopic (exact) mass is 255 g/mol. The third-order valence-electron chi connectivity index (χ3n) is 2.19. The Labute approximate surface area is 92.6 Å². The molecule has 1 aromatic rings. The highest BCUT2D eigenvalue weighted by Gasteiger charge is 2.27. The van der Waals surface area contributed by atoms with Crippen molar-refractivity contribution in [2.45, 2.75) is 12.0 Å². The molecule has 3 N–H and O–H groups in total. The lowest BCUT2D eigenvalue weighted by atomic mass is 9.91. The maximum absolute atomic E-state index is 10.2. The van der Waals surface area contributed by atoms with Crippen LogP contribution in [0.3, 0.4) is 0 Å². The molecule has 2 nitrogen and oxygen atoms in total. The fourth-order valence-corrected chi connectivity index (χ4v) is 2.03. The van der Waals surface area contributed by atoms with Gasteiger partial charge in [0.15, 0.2) is 0 Å². The van der Waals surface area contributed by atoms with Gasteiger partial charge < -0.3 is 10.8 Å². The molecule has 0 aliphatic heterocycles. The van der Waals surface area contributed by atoms with Gasteiger partial charge in [0.1, 0.15) is 5.60 Å². The summed E-state index contributed by atoms with van der Waals surface area (Å²) < 4.78 is 0.870. The summed E-state index contributed by atoms with van der Waals surface area (Å²) in [6.45, 7) is 3.80. The SMILES string of the molecule is C=CCC(O)(CN)c1ccccc1Br. The van der Waals surface area contributed by atoms with Crippen LogP contribution in [0.5, 0.6) is 0 Å². The van der Waals surface area contributed by atoms with E-state index < -0.39 is 5.60 Å². The fraction of sp³-hybridized carbons (Fsp3) is 0.273. The van der Waals surface area contributed by atoms with Crippen LogP contribution in [-0.2, 0) is 5.60 Å². The van der Waals surface area contributed by atoms with E-state index in [4.69, 9.17) is 5.73 Å². The van der Waals surface area contributed by atoms with Crippen LogP contribution >= 0.6 is 15.9 Å². The Morgan fingerprint density at radius 2 is 2.14 bits per heavy atom. The molecule has 0 saturated heterocycles. The number of aliphatic hydroxyl groups is 1. The normalized spacial score (nSPS) is 14.8. The fourth-order valence-electron chi connectivity index (χ4n) is 1.38. The summed E-state index contributed by atoms with van der Waals surface area (Å²) in [4.78, 5) is 0. The highest BCUT2D eigenvalue weighted by Crippen LogP contribution is 2.30. The molecule has 0 amide bonds. The molecule has 1 rings (SSSR count). The standard InChI is InChI=1S/C11H14BrNO/c1-2-7-11(14,8-13)9-5-3-4-6-10(9)12/h2-6,14H,1,7-8,13H2. The number of rotatable bonds is 4. The van der Waals surface area contributed by atoms with Crippen molar-refractivity contribution in [1.82, 2.24) is 0 Å². The zero-order chi connectivity index (χ0) is 10.6. The van der Waals surface area contributed by atoms with Crippen LogP contribution < -0.4 is 5.73 Å². The first kappa shape index (κ1) is 11.4. The van der Waals surface area contributed by atoms with Gasteiger partial charge in [-0.25, -0.2) is 0 Å². The Morgan fingerprint density at radius 1 is 1.50 bits per heavy atom. The van der Waals surface area contributed by atoms with E-state index in [1.807, 2.05) is 24.3 Å². The van der Waals surface area contributed by atoms with Crippen molar-refractivity contribution in [1.29, 1.82) is 0 Å². The molecule has 0 aliphatic carbocycles. The van der Waals surface area contributed by atoms with Gasteiger partial charge in [0.2, 0.25) is 0 Å². The molecule has 0 bridgehead atoms. The predicted octanol–water partition coefficient (Wildman–Crippen LogP) is 2.17. The maximum Gasteiger partial charge on any atom is 0.106 e. The van der Waals surface area contributed by atoms with Crippen LogP contribution in [0.4, 0.5) is 0 Å². The van der Waals surface area contributed by atoms with E-state index in [2.05, 4.69) is 22.5 Å².